The van der Waals surface area contributed by atoms with Gasteiger partial charge < -0.3 is 11.1 Å². The largest absolute Gasteiger partial charge is 0.327 e. The Hall–Kier alpha value is -0.0800. The van der Waals surface area contributed by atoms with Gasteiger partial charge in [0.2, 0.25) is 0 Å². The zero-order chi connectivity index (χ0) is 12.0. The van der Waals surface area contributed by atoms with Crippen LogP contribution in [0.5, 0.6) is 0 Å². The van der Waals surface area contributed by atoms with E-state index >= 15 is 0 Å². The third kappa shape index (κ3) is 5.31. The molecule has 1 aliphatic carbocycles. The molecule has 0 bridgehead atoms. The van der Waals surface area contributed by atoms with Crippen molar-refractivity contribution in [3.63, 3.8) is 0 Å². The first-order chi connectivity index (χ1) is 7.50. The molecular formula is C14H30N2. The second-order valence-corrected chi connectivity index (χ2v) is 6.40. The lowest BCUT2D eigenvalue weighted by Gasteiger charge is -2.28. The Morgan fingerprint density at radius 2 is 1.69 bits per heavy atom. The Morgan fingerprint density at radius 3 is 2.19 bits per heavy atom. The van der Waals surface area contributed by atoms with Crippen molar-refractivity contribution < 1.29 is 0 Å². The Bertz CT molecular complexity index is 176. The Kier molecular flexibility index (Phi) is 5.77. The Morgan fingerprint density at radius 1 is 1.12 bits per heavy atom. The predicted octanol–water partition coefficient (Wildman–Crippen LogP) is 3.06. The van der Waals surface area contributed by atoms with E-state index in [0.29, 0.717) is 6.04 Å². The van der Waals surface area contributed by atoms with Crippen molar-refractivity contribution in [3.8, 4) is 0 Å². The molecule has 0 aliphatic heterocycles. The van der Waals surface area contributed by atoms with Gasteiger partial charge in [0, 0.05) is 12.1 Å². The molecule has 0 aromatic rings. The molecule has 0 saturated heterocycles. The third-order valence-electron chi connectivity index (χ3n) is 3.86. The summed E-state index contributed by atoms with van der Waals surface area (Å²) in [5.41, 5.74) is 6.40. The smallest absolute Gasteiger partial charge is 0.00997 e. The summed E-state index contributed by atoms with van der Waals surface area (Å²) in [7, 11) is 0. The fourth-order valence-electron chi connectivity index (χ4n) is 2.36. The first-order valence-corrected chi connectivity index (χ1v) is 6.99. The van der Waals surface area contributed by atoms with E-state index in [2.05, 4.69) is 26.1 Å². The van der Waals surface area contributed by atoms with Crippen molar-refractivity contribution in [2.24, 2.45) is 11.1 Å². The van der Waals surface area contributed by atoms with E-state index in [1.54, 1.807) is 0 Å². The summed E-state index contributed by atoms with van der Waals surface area (Å²) in [5.74, 6) is 0. The maximum absolute atomic E-state index is 6.16. The SMILES string of the molecule is CC(C)(C)C(N)CCNC1CCCCCC1. The molecule has 1 unspecified atom stereocenters. The molecule has 0 radical (unpaired) electrons. The molecule has 96 valence electrons. The van der Waals surface area contributed by atoms with Crippen LogP contribution in [0.1, 0.15) is 65.7 Å². The van der Waals surface area contributed by atoms with Crippen molar-refractivity contribution >= 4 is 0 Å². The van der Waals surface area contributed by atoms with E-state index in [0.717, 1.165) is 19.0 Å². The minimum Gasteiger partial charge on any atom is -0.327 e. The van der Waals surface area contributed by atoms with Gasteiger partial charge in [-0.3, -0.25) is 0 Å². The van der Waals surface area contributed by atoms with Crippen LogP contribution in [0, 0.1) is 5.41 Å². The fraction of sp³-hybridized carbons (Fsp3) is 1.00. The van der Waals surface area contributed by atoms with Crippen LogP contribution in [-0.2, 0) is 0 Å². The van der Waals surface area contributed by atoms with Crippen LogP contribution in [0.4, 0.5) is 0 Å². The van der Waals surface area contributed by atoms with Gasteiger partial charge in [-0.15, -0.1) is 0 Å². The van der Waals surface area contributed by atoms with Gasteiger partial charge >= 0.3 is 0 Å². The van der Waals surface area contributed by atoms with Gasteiger partial charge in [-0.25, -0.2) is 0 Å². The van der Waals surface area contributed by atoms with Gasteiger partial charge in [0.25, 0.3) is 0 Å². The van der Waals surface area contributed by atoms with Crippen LogP contribution in [0.3, 0.4) is 0 Å². The van der Waals surface area contributed by atoms with Gasteiger partial charge in [-0.1, -0.05) is 46.5 Å². The van der Waals surface area contributed by atoms with Crippen LogP contribution in [0.2, 0.25) is 0 Å². The van der Waals surface area contributed by atoms with Gasteiger partial charge in [0.1, 0.15) is 0 Å². The van der Waals surface area contributed by atoms with Crippen LogP contribution < -0.4 is 11.1 Å². The number of rotatable bonds is 4. The fourth-order valence-corrected chi connectivity index (χ4v) is 2.36. The highest BCUT2D eigenvalue weighted by Gasteiger charge is 2.20. The van der Waals surface area contributed by atoms with E-state index in [1.165, 1.54) is 38.5 Å². The maximum atomic E-state index is 6.16. The molecule has 0 aromatic heterocycles. The van der Waals surface area contributed by atoms with Gasteiger partial charge in [0.05, 0.1) is 0 Å². The summed E-state index contributed by atoms with van der Waals surface area (Å²) in [6.07, 6.45) is 9.50. The van der Waals surface area contributed by atoms with Crippen molar-refractivity contribution in [3.05, 3.63) is 0 Å². The monoisotopic (exact) mass is 226 g/mol. The van der Waals surface area contributed by atoms with E-state index in [9.17, 15) is 0 Å². The Labute approximate surface area is 101 Å². The van der Waals surface area contributed by atoms with Crippen LogP contribution >= 0.6 is 0 Å². The third-order valence-corrected chi connectivity index (χ3v) is 3.86. The lowest BCUT2D eigenvalue weighted by atomic mass is 9.85. The zero-order valence-electron chi connectivity index (χ0n) is 11.4. The summed E-state index contributed by atoms with van der Waals surface area (Å²) in [4.78, 5) is 0. The van der Waals surface area contributed by atoms with Crippen LogP contribution in [0.15, 0.2) is 0 Å². The average Bonchev–Trinajstić information content (AvgIpc) is 2.44. The summed E-state index contributed by atoms with van der Waals surface area (Å²) in [6, 6.07) is 1.07. The standard InChI is InChI=1S/C14H30N2/c1-14(2,3)13(15)10-11-16-12-8-6-4-5-7-9-12/h12-13,16H,4-11,15H2,1-3H3. The summed E-state index contributed by atoms with van der Waals surface area (Å²) in [5, 5.41) is 3.68. The first-order valence-electron chi connectivity index (χ1n) is 6.99. The number of hydrogen-bond acceptors (Lipinski definition) is 2. The predicted molar refractivity (Wildman–Crippen MR) is 71.5 cm³/mol. The van der Waals surface area contributed by atoms with Crippen LogP contribution in [-0.4, -0.2) is 18.6 Å². The number of hydrogen-bond donors (Lipinski definition) is 2. The lowest BCUT2D eigenvalue weighted by molar-refractivity contribution is 0.296. The second-order valence-electron chi connectivity index (χ2n) is 6.40. The molecular weight excluding hydrogens is 196 g/mol. The molecule has 16 heavy (non-hydrogen) atoms. The topological polar surface area (TPSA) is 38.0 Å². The lowest BCUT2D eigenvalue weighted by Crippen LogP contribution is -2.39. The van der Waals surface area contributed by atoms with E-state index in [-0.39, 0.29) is 5.41 Å². The molecule has 1 atom stereocenters. The van der Waals surface area contributed by atoms with Crippen molar-refractivity contribution in [2.75, 3.05) is 6.54 Å². The van der Waals surface area contributed by atoms with Crippen molar-refractivity contribution in [1.82, 2.24) is 5.32 Å². The molecule has 2 heteroatoms. The average molecular weight is 226 g/mol. The summed E-state index contributed by atoms with van der Waals surface area (Å²) < 4.78 is 0. The second kappa shape index (κ2) is 6.61. The van der Waals surface area contributed by atoms with E-state index in [1.807, 2.05) is 0 Å². The van der Waals surface area contributed by atoms with Crippen LogP contribution in [0.25, 0.3) is 0 Å². The van der Waals surface area contributed by atoms with Gasteiger partial charge in [-0.05, 0) is 31.2 Å². The summed E-state index contributed by atoms with van der Waals surface area (Å²) in [6.45, 7) is 7.76. The molecule has 1 fully saturated rings. The number of nitrogens with two attached hydrogens (primary N) is 1. The molecule has 0 aromatic carbocycles. The first kappa shape index (κ1) is 14.0. The highest BCUT2D eigenvalue weighted by atomic mass is 14.9. The van der Waals surface area contributed by atoms with E-state index < -0.39 is 0 Å². The maximum Gasteiger partial charge on any atom is 0.00997 e. The number of nitrogens with one attached hydrogen (secondary N) is 1. The quantitative estimate of drug-likeness (QED) is 0.723. The van der Waals surface area contributed by atoms with E-state index in [4.69, 9.17) is 5.73 Å². The summed E-state index contributed by atoms with van der Waals surface area (Å²) >= 11 is 0. The van der Waals surface area contributed by atoms with Crippen molar-refractivity contribution in [2.45, 2.75) is 77.8 Å². The molecule has 0 heterocycles. The highest BCUT2D eigenvalue weighted by Crippen LogP contribution is 2.20. The molecule has 0 spiro atoms. The minimum absolute atomic E-state index is 0.241. The van der Waals surface area contributed by atoms with Crippen molar-refractivity contribution in [1.29, 1.82) is 0 Å². The molecule has 3 N–H and O–H groups in total. The molecule has 2 nitrogen and oxygen atoms in total. The molecule has 1 saturated carbocycles. The van der Waals surface area contributed by atoms with Gasteiger partial charge in [-0.2, -0.15) is 0 Å². The molecule has 1 rings (SSSR count). The minimum atomic E-state index is 0.241. The Balaban J connectivity index is 2.14. The molecule has 0 amide bonds. The highest BCUT2D eigenvalue weighted by molar-refractivity contribution is 4.79. The normalized spacial score (nSPS) is 21.8. The molecule has 1 aliphatic rings. The zero-order valence-corrected chi connectivity index (χ0v) is 11.4. The van der Waals surface area contributed by atoms with Gasteiger partial charge in [0.15, 0.2) is 0 Å².